The maximum Gasteiger partial charge on any atom is 0.159 e. The van der Waals surface area contributed by atoms with E-state index < -0.39 is 0 Å². The number of aryl methyl sites for hydroxylation is 2. The number of nitrogens with one attached hydrogen (secondary N) is 1. The molecule has 1 aliphatic heterocycles. The summed E-state index contributed by atoms with van der Waals surface area (Å²) in [7, 11) is 0. The van der Waals surface area contributed by atoms with Crippen molar-refractivity contribution in [2.24, 2.45) is 0 Å². The number of ketones is 1. The molecule has 1 unspecified atom stereocenters. The van der Waals surface area contributed by atoms with Gasteiger partial charge in [-0.1, -0.05) is 6.92 Å². The number of nitrogens with zero attached hydrogens (tertiary/aromatic N) is 4. The first-order valence-corrected chi connectivity index (χ1v) is 7.85. The van der Waals surface area contributed by atoms with Crippen molar-refractivity contribution in [2.45, 2.75) is 45.7 Å². The third-order valence-electron chi connectivity index (χ3n) is 4.12. The van der Waals surface area contributed by atoms with Crippen LogP contribution in [0, 0.1) is 11.3 Å². The first-order valence-electron chi connectivity index (χ1n) is 7.85. The van der Waals surface area contributed by atoms with Crippen molar-refractivity contribution >= 4 is 11.5 Å². The van der Waals surface area contributed by atoms with Gasteiger partial charge >= 0.3 is 0 Å². The Labute approximate surface area is 135 Å². The highest BCUT2D eigenvalue weighted by atomic mass is 16.1. The molecule has 2 heterocycles. The number of carbonyl (C=O) groups excluding carboxylic acids is 1. The van der Waals surface area contributed by atoms with Crippen LogP contribution >= 0.6 is 0 Å². The van der Waals surface area contributed by atoms with E-state index in [-0.39, 0.29) is 11.8 Å². The molecule has 6 heteroatoms. The van der Waals surface area contributed by atoms with Gasteiger partial charge in [0.25, 0.3) is 0 Å². The molecule has 1 N–H and O–H groups in total. The quantitative estimate of drug-likeness (QED) is 0.876. The van der Waals surface area contributed by atoms with Gasteiger partial charge in [0.15, 0.2) is 11.6 Å². The molecule has 0 aliphatic carbocycles. The number of rotatable bonds is 4. The van der Waals surface area contributed by atoms with E-state index in [0.717, 1.165) is 37.5 Å². The van der Waals surface area contributed by atoms with Crippen LogP contribution in [0.25, 0.3) is 0 Å². The van der Waals surface area contributed by atoms with Crippen LogP contribution in [-0.4, -0.2) is 26.6 Å². The normalized spacial score (nSPS) is 16.5. The van der Waals surface area contributed by atoms with E-state index in [1.807, 2.05) is 11.6 Å². The first kappa shape index (κ1) is 15.2. The van der Waals surface area contributed by atoms with Gasteiger partial charge in [0, 0.05) is 24.4 Å². The summed E-state index contributed by atoms with van der Waals surface area (Å²) in [5.74, 6) is 1.89. The number of fused-ring (bicyclic) bond motifs is 1. The van der Waals surface area contributed by atoms with Crippen LogP contribution in [0.4, 0.5) is 5.69 Å². The molecule has 0 saturated heterocycles. The van der Waals surface area contributed by atoms with Gasteiger partial charge in [0.1, 0.15) is 11.9 Å². The summed E-state index contributed by atoms with van der Waals surface area (Å²) in [5, 5.41) is 17.2. The maximum absolute atomic E-state index is 11.6. The molecule has 2 aromatic rings. The number of nitriles is 1. The van der Waals surface area contributed by atoms with Crippen molar-refractivity contribution < 1.29 is 4.79 Å². The zero-order valence-electron chi connectivity index (χ0n) is 13.3. The van der Waals surface area contributed by atoms with Crippen molar-refractivity contribution in [2.75, 3.05) is 5.32 Å². The van der Waals surface area contributed by atoms with Gasteiger partial charge in [-0.2, -0.15) is 10.4 Å². The summed E-state index contributed by atoms with van der Waals surface area (Å²) in [6.07, 6.45) is 2.62. The zero-order valence-corrected chi connectivity index (χ0v) is 13.3. The second-order valence-corrected chi connectivity index (χ2v) is 5.79. The molecule has 1 aromatic heterocycles. The molecule has 1 aliphatic rings. The predicted octanol–water partition coefficient (Wildman–Crippen LogP) is 2.34. The first-order chi connectivity index (χ1) is 11.1. The number of hydrogen-bond donors (Lipinski definition) is 1. The lowest BCUT2D eigenvalue weighted by Gasteiger charge is -2.25. The molecule has 3 rings (SSSR count). The Morgan fingerprint density at radius 1 is 1.52 bits per heavy atom. The van der Waals surface area contributed by atoms with E-state index in [0.29, 0.717) is 16.8 Å². The molecule has 0 saturated carbocycles. The van der Waals surface area contributed by atoms with Gasteiger partial charge in [-0.15, -0.1) is 0 Å². The van der Waals surface area contributed by atoms with E-state index in [4.69, 9.17) is 0 Å². The molecule has 1 aromatic carbocycles. The third-order valence-corrected chi connectivity index (χ3v) is 4.12. The topological polar surface area (TPSA) is 83.6 Å². The highest BCUT2D eigenvalue weighted by Gasteiger charge is 2.22. The van der Waals surface area contributed by atoms with Gasteiger partial charge in [-0.05, 0) is 31.5 Å². The molecule has 118 valence electrons. The number of aromatic nitrogens is 3. The second-order valence-electron chi connectivity index (χ2n) is 5.79. The Balaban J connectivity index is 1.81. The minimum atomic E-state index is -0.00710. The largest absolute Gasteiger partial charge is 0.379 e. The fraction of sp³-hybridized carbons (Fsp3) is 0.412. The Morgan fingerprint density at radius 2 is 2.35 bits per heavy atom. The Morgan fingerprint density at radius 3 is 3.04 bits per heavy atom. The standard InChI is InChI=1S/C17H19N5O/c1-3-16-20-17-7-6-14(10-22(17)21-16)19-15-8-12(11(2)23)4-5-13(15)9-18/h4-5,8,14,19H,3,6-7,10H2,1-2H3. The van der Waals surface area contributed by atoms with E-state index >= 15 is 0 Å². The number of hydrogen-bond acceptors (Lipinski definition) is 5. The minimum Gasteiger partial charge on any atom is -0.379 e. The molecular weight excluding hydrogens is 290 g/mol. The molecule has 23 heavy (non-hydrogen) atoms. The van der Waals surface area contributed by atoms with Crippen molar-refractivity contribution in [3.8, 4) is 6.07 Å². The molecule has 0 bridgehead atoms. The second kappa shape index (κ2) is 6.21. The smallest absolute Gasteiger partial charge is 0.159 e. The lowest BCUT2D eigenvalue weighted by Crippen LogP contribution is -2.32. The summed E-state index contributed by atoms with van der Waals surface area (Å²) in [5.41, 5.74) is 1.87. The lowest BCUT2D eigenvalue weighted by atomic mass is 10.0. The number of Topliss-reactive ketones (excluding diaryl/α,β-unsaturated/α-hetero) is 1. The van der Waals surface area contributed by atoms with Crippen molar-refractivity contribution in [3.63, 3.8) is 0 Å². The monoisotopic (exact) mass is 309 g/mol. The lowest BCUT2D eigenvalue weighted by molar-refractivity contribution is 0.101. The summed E-state index contributed by atoms with van der Waals surface area (Å²) in [6.45, 7) is 4.29. The van der Waals surface area contributed by atoms with E-state index in [2.05, 4.69) is 21.5 Å². The molecule has 0 radical (unpaired) electrons. The number of anilines is 1. The van der Waals surface area contributed by atoms with Gasteiger partial charge in [0.05, 0.1) is 17.8 Å². The summed E-state index contributed by atoms with van der Waals surface area (Å²) in [4.78, 5) is 16.1. The van der Waals surface area contributed by atoms with Crippen molar-refractivity contribution in [1.29, 1.82) is 5.26 Å². The summed E-state index contributed by atoms with van der Waals surface area (Å²) >= 11 is 0. The van der Waals surface area contributed by atoms with Crippen LogP contribution in [0.2, 0.25) is 0 Å². The van der Waals surface area contributed by atoms with Gasteiger partial charge < -0.3 is 5.32 Å². The fourth-order valence-corrected chi connectivity index (χ4v) is 2.83. The van der Waals surface area contributed by atoms with Crippen LogP contribution in [0.3, 0.4) is 0 Å². The minimum absolute atomic E-state index is 0.00710. The van der Waals surface area contributed by atoms with E-state index in [9.17, 15) is 10.1 Å². The summed E-state index contributed by atoms with van der Waals surface area (Å²) < 4.78 is 1.95. The third kappa shape index (κ3) is 3.09. The van der Waals surface area contributed by atoms with Crippen LogP contribution < -0.4 is 5.32 Å². The molecular formula is C17H19N5O. The molecule has 1 atom stereocenters. The molecule has 0 spiro atoms. The number of benzene rings is 1. The van der Waals surface area contributed by atoms with Crippen molar-refractivity contribution in [3.05, 3.63) is 41.0 Å². The van der Waals surface area contributed by atoms with Crippen molar-refractivity contribution in [1.82, 2.24) is 14.8 Å². The predicted molar refractivity (Wildman–Crippen MR) is 86.3 cm³/mol. The van der Waals surface area contributed by atoms with E-state index in [1.54, 1.807) is 18.2 Å². The Hall–Kier alpha value is -2.68. The zero-order chi connectivity index (χ0) is 16.4. The summed E-state index contributed by atoms with van der Waals surface area (Å²) in [6, 6.07) is 7.49. The van der Waals surface area contributed by atoms with E-state index in [1.165, 1.54) is 6.92 Å². The van der Waals surface area contributed by atoms with Gasteiger partial charge in [-0.3, -0.25) is 4.79 Å². The number of carbonyl (C=O) groups is 1. The highest BCUT2D eigenvalue weighted by molar-refractivity contribution is 5.95. The highest BCUT2D eigenvalue weighted by Crippen LogP contribution is 2.22. The SMILES string of the molecule is CCc1nc2n(n1)CC(Nc1cc(C(C)=O)ccc1C#N)CC2. The average molecular weight is 309 g/mol. The molecule has 0 amide bonds. The van der Waals surface area contributed by atoms with Crippen LogP contribution in [0.15, 0.2) is 18.2 Å². The van der Waals surface area contributed by atoms with Crippen LogP contribution in [0.5, 0.6) is 0 Å². The fourth-order valence-electron chi connectivity index (χ4n) is 2.83. The average Bonchev–Trinajstić information content (AvgIpc) is 2.97. The van der Waals surface area contributed by atoms with Crippen LogP contribution in [0.1, 0.15) is 47.8 Å². The maximum atomic E-state index is 11.6. The van der Waals surface area contributed by atoms with Crippen LogP contribution in [-0.2, 0) is 19.4 Å². The molecule has 0 fully saturated rings. The Kier molecular flexibility index (Phi) is 4.11. The van der Waals surface area contributed by atoms with Gasteiger partial charge in [0.2, 0.25) is 0 Å². The Bertz CT molecular complexity index is 787. The van der Waals surface area contributed by atoms with Gasteiger partial charge in [-0.25, -0.2) is 9.67 Å². The molecule has 6 nitrogen and oxygen atoms in total.